The smallest absolute Gasteiger partial charge is 0.332 e. The Morgan fingerprint density at radius 3 is 3.06 bits per heavy atom. The molecular formula is C11H18N2O3S. The summed E-state index contributed by atoms with van der Waals surface area (Å²) in [5, 5.41) is 2.02. The topological polar surface area (TPSA) is 51.7 Å². The number of likely N-dealkylation sites (N-methyl/N-ethyl adjacent to an activating group) is 1. The summed E-state index contributed by atoms with van der Waals surface area (Å²) in [5.41, 5.74) is 2.88. The van der Waals surface area contributed by atoms with Crippen molar-refractivity contribution in [2.24, 2.45) is 0 Å². The number of carbonyl (C=O) groups is 1. The van der Waals surface area contributed by atoms with Crippen LogP contribution in [0.15, 0.2) is 10.9 Å². The SMILES string of the molecule is CCOC(=O)COCCN(C)Cc1cscn1. The molecule has 0 radical (unpaired) electrons. The summed E-state index contributed by atoms with van der Waals surface area (Å²) in [5.74, 6) is -0.311. The Labute approximate surface area is 105 Å². The Morgan fingerprint density at radius 2 is 2.41 bits per heavy atom. The van der Waals surface area contributed by atoms with Crippen LogP contribution in [0.25, 0.3) is 0 Å². The fourth-order valence-corrected chi connectivity index (χ4v) is 1.80. The Morgan fingerprint density at radius 1 is 1.59 bits per heavy atom. The van der Waals surface area contributed by atoms with E-state index < -0.39 is 0 Å². The normalized spacial score (nSPS) is 10.8. The molecule has 1 rings (SSSR count). The number of carbonyl (C=O) groups excluding carboxylic acids is 1. The lowest BCUT2D eigenvalue weighted by molar-refractivity contribution is -0.148. The van der Waals surface area contributed by atoms with Gasteiger partial charge in [-0.25, -0.2) is 9.78 Å². The minimum atomic E-state index is -0.311. The molecule has 0 saturated heterocycles. The van der Waals surface area contributed by atoms with Gasteiger partial charge in [0.1, 0.15) is 6.61 Å². The van der Waals surface area contributed by atoms with E-state index in [9.17, 15) is 4.79 Å². The van der Waals surface area contributed by atoms with Gasteiger partial charge in [-0.15, -0.1) is 11.3 Å². The van der Waals surface area contributed by atoms with Crippen LogP contribution in [0.3, 0.4) is 0 Å². The zero-order chi connectivity index (χ0) is 12.5. The average molecular weight is 258 g/mol. The fourth-order valence-electron chi connectivity index (χ4n) is 1.25. The molecule has 0 N–H and O–H groups in total. The zero-order valence-corrected chi connectivity index (χ0v) is 11.0. The molecule has 0 atom stereocenters. The highest BCUT2D eigenvalue weighted by atomic mass is 32.1. The molecule has 0 aliphatic heterocycles. The second-order valence-electron chi connectivity index (χ2n) is 3.58. The van der Waals surface area contributed by atoms with Gasteiger partial charge in [0.15, 0.2) is 0 Å². The van der Waals surface area contributed by atoms with E-state index >= 15 is 0 Å². The van der Waals surface area contributed by atoms with Crippen LogP contribution >= 0.6 is 11.3 Å². The van der Waals surface area contributed by atoms with E-state index in [2.05, 4.69) is 9.88 Å². The highest BCUT2D eigenvalue weighted by molar-refractivity contribution is 7.07. The molecule has 0 amide bonds. The quantitative estimate of drug-likeness (QED) is 0.517. The minimum Gasteiger partial charge on any atom is -0.464 e. The number of aromatic nitrogens is 1. The lowest BCUT2D eigenvalue weighted by Gasteiger charge is -2.14. The molecule has 5 nitrogen and oxygen atoms in total. The van der Waals surface area contributed by atoms with E-state index in [0.29, 0.717) is 13.2 Å². The van der Waals surface area contributed by atoms with Crippen LogP contribution in [0.5, 0.6) is 0 Å². The Bertz CT molecular complexity index is 317. The van der Waals surface area contributed by atoms with Crippen LogP contribution in [0.1, 0.15) is 12.6 Å². The standard InChI is InChI=1S/C11H18N2O3S/c1-3-16-11(14)7-15-5-4-13(2)6-10-8-17-9-12-10/h8-9H,3-7H2,1-2H3. The number of rotatable bonds is 8. The summed E-state index contributed by atoms with van der Waals surface area (Å²) >= 11 is 1.59. The molecule has 0 aromatic carbocycles. The molecular weight excluding hydrogens is 240 g/mol. The van der Waals surface area contributed by atoms with Crippen molar-refractivity contribution in [2.75, 3.05) is 33.4 Å². The Kier molecular flexibility index (Phi) is 6.76. The number of nitrogens with zero attached hydrogens (tertiary/aromatic N) is 2. The number of hydrogen-bond acceptors (Lipinski definition) is 6. The van der Waals surface area contributed by atoms with Crippen LogP contribution in [-0.4, -0.2) is 49.3 Å². The molecule has 1 heterocycles. The highest BCUT2D eigenvalue weighted by Gasteiger charge is 2.04. The van der Waals surface area contributed by atoms with Gasteiger partial charge in [0.2, 0.25) is 0 Å². The number of ether oxygens (including phenoxy) is 2. The molecule has 1 aromatic heterocycles. The molecule has 0 spiro atoms. The van der Waals surface area contributed by atoms with Crippen LogP contribution < -0.4 is 0 Å². The monoisotopic (exact) mass is 258 g/mol. The third-order valence-corrected chi connectivity index (χ3v) is 2.69. The lowest BCUT2D eigenvalue weighted by atomic mass is 10.4. The maximum absolute atomic E-state index is 11.0. The van der Waals surface area contributed by atoms with E-state index in [1.54, 1.807) is 18.3 Å². The molecule has 0 unspecified atom stereocenters. The highest BCUT2D eigenvalue weighted by Crippen LogP contribution is 2.03. The van der Waals surface area contributed by atoms with Gasteiger partial charge in [-0.3, -0.25) is 4.90 Å². The molecule has 0 saturated carbocycles. The average Bonchev–Trinajstić information content (AvgIpc) is 2.77. The van der Waals surface area contributed by atoms with Crippen LogP contribution in [0.2, 0.25) is 0 Å². The first-order valence-corrected chi connectivity index (χ1v) is 6.45. The maximum Gasteiger partial charge on any atom is 0.332 e. The van der Waals surface area contributed by atoms with E-state index in [0.717, 1.165) is 18.8 Å². The van der Waals surface area contributed by atoms with Gasteiger partial charge in [0.25, 0.3) is 0 Å². The molecule has 0 bridgehead atoms. The Hall–Kier alpha value is -0.980. The van der Waals surface area contributed by atoms with Crippen molar-refractivity contribution in [3.63, 3.8) is 0 Å². The van der Waals surface area contributed by atoms with Crippen molar-refractivity contribution < 1.29 is 14.3 Å². The first kappa shape index (κ1) is 14.1. The van der Waals surface area contributed by atoms with E-state index in [-0.39, 0.29) is 12.6 Å². The van der Waals surface area contributed by atoms with Gasteiger partial charge >= 0.3 is 5.97 Å². The lowest BCUT2D eigenvalue weighted by Crippen LogP contribution is -2.24. The third kappa shape index (κ3) is 6.35. The van der Waals surface area contributed by atoms with Gasteiger partial charge in [0.05, 0.1) is 24.4 Å². The Balaban J connectivity index is 2.04. The first-order chi connectivity index (χ1) is 8.22. The predicted octanol–water partition coefficient (Wildman–Crippen LogP) is 1.15. The first-order valence-electron chi connectivity index (χ1n) is 5.51. The van der Waals surface area contributed by atoms with E-state index in [1.165, 1.54) is 0 Å². The minimum absolute atomic E-state index is 0.0262. The van der Waals surface area contributed by atoms with Crippen LogP contribution in [0.4, 0.5) is 0 Å². The second-order valence-corrected chi connectivity index (χ2v) is 4.29. The van der Waals surface area contributed by atoms with E-state index in [4.69, 9.17) is 9.47 Å². The second kappa shape index (κ2) is 8.16. The summed E-state index contributed by atoms with van der Waals surface area (Å²) in [6.07, 6.45) is 0. The molecule has 0 aliphatic carbocycles. The third-order valence-electron chi connectivity index (χ3n) is 2.06. The van der Waals surface area contributed by atoms with Crippen LogP contribution in [-0.2, 0) is 20.8 Å². The fraction of sp³-hybridized carbons (Fsp3) is 0.636. The van der Waals surface area contributed by atoms with Crippen molar-refractivity contribution in [3.05, 3.63) is 16.6 Å². The summed E-state index contributed by atoms with van der Waals surface area (Å²) in [6, 6.07) is 0. The van der Waals surface area contributed by atoms with Crippen molar-refractivity contribution in [3.8, 4) is 0 Å². The molecule has 1 aromatic rings. The zero-order valence-electron chi connectivity index (χ0n) is 10.2. The predicted molar refractivity (Wildman–Crippen MR) is 65.9 cm³/mol. The van der Waals surface area contributed by atoms with Gasteiger partial charge in [0, 0.05) is 18.5 Å². The molecule has 96 valence electrons. The van der Waals surface area contributed by atoms with Crippen LogP contribution in [0, 0.1) is 0 Å². The molecule has 6 heteroatoms. The summed E-state index contributed by atoms with van der Waals surface area (Å²) in [6.45, 7) is 4.27. The van der Waals surface area contributed by atoms with Gasteiger partial charge in [-0.2, -0.15) is 0 Å². The summed E-state index contributed by atoms with van der Waals surface area (Å²) in [7, 11) is 1.99. The van der Waals surface area contributed by atoms with Gasteiger partial charge in [-0.05, 0) is 14.0 Å². The number of thiazole rings is 1. The van der Waals surface area contributed by atoms with E-state index in [1.807, 2.05) is 17.9 Å². The molecule has 0 aliphatic rings. The molecule has 0 fully saturated rings. The van der Waals surface area contributed by atoms with Crippen molar-refractivity contribution >= 4 is 17.3 Å². The maximum atomic E-state index is 11.0. The summed E-state index contributed by atoms with van der Waals surface area (Å²) < 4.78 is 9.95. The largest absolute Gasteiger partial charge is 0.464 e. The number of esters is 1. The van der Waals surface area contributed by atoms with Gasteiger partial charge < -0.3 is 9.47 Å². The molecule has 17 heavy (non-hydrogen) atoms. The number of hydrogen-bond donors (Lipinski definition) is 0. The summed E-state index contributed by atoms with van der Waals surface area (Å²) in [4.78, 5) is 17.3. The van der Waals surface area contributed by atoms with Gasteiger partial charge in [-0.1, -0.05) is 0 Å². The van der Waals surface area contributed by atoms with Crippen molar-refractivity contribution in [2.45, 2.75) is 13.5 Å². The van der Waals surface area contributed by atoms with Crippen molar-refractivity contribution in [1.82, 2.24) is 9.88 Å². The van der Waals surface area contributed by atoms with Crippen molar-refractivity contribution in [1.29, 1.82) is 0 Å².